The van der Waals surface area contributed by atoms with E-state index in [1.54, 1.807) is 36.3 Å². The van der Waals surface area contributed by atoms with Crippen LogP contribution in [0.15, 0.2) is 42.5 Å². The van der Waals surface area contributed by atoms with Gasteiger partial charge < -0.3 is 24.8 Å². The van der Waals surface area contributed by atoms with Crippen molar-refractivity contribution in [3.63, 3.8) is 0 Å². The van der Waals surface area contributed by atoms with Crippen LogP contribution in [0, 0.1) is 12.8 Å². The van der Waals surface area contributed by atoms with Crippen molar-refractivity contribution in [2.24, 2.45) is 5.92 Å². The molecule has 4 rings (SSSR count). The van der Waals surface area contributed by atoms with Crippen LogP contribution in [0.1, 0.15) is 22.3 Å². The maximum absolute atomic E-state index is 12.9. The van der Waals surface area contributed by atoms with Gasteiger partial charge in [-0.3, -0.25) is 14.4 Å². The van der Waals surface area contributed by atoms with Crippen LogP contribution in [-0.4, -0.2) is 74.4 Å². The molecule has 2 saturated heterocycles. The van der Waals surface area contributed by atoms with Gasteiger partial charge in [0.25, 0.3) is 5.91 Å². The number of rotatable bonds is 5. The highest BCUT2D eigenvalue weighted by molar-refractivity contribution is 6.04. The second-order valence-corrected chi connectivity index (χ2v) is 8.74. The molecule has 3 amide bonds. The molecule has 0 aliphatic carbocycles. The number of carbonyl (C=O) groups is 3. The number of carbonyl (C=O) groups excluding carboxylic acids is 3. The third-order valence-corrected chi connectivity index (χ3v) is 6.31. The Hall–Kier alpha value is -3.39. The summed E-state index contributed by atoms with van der Waals surface area (Å²) in [5, 5.41) is 2.89. The maximum Gasteiger partial charge on any atom is 0.253 e. The Morgan fingerprint density at radius 2 is 1.73 bits per heavy atom. The number of ether oxygens (including phenoxy) is 1. The van der Waals surface area contributed by atoms with Crippen LogP contribution < -0.4 is 15.0 Å². The number of piperazine rings is 1. The second kappa shape index (κ2) is 9.62. The van der Waals surface area contributed by atoms with E-state index in [-0.39, 0.29) is 24.1 Å². The zero-order chi connectivity index (χ0) is 23.5. The van der Waals surface area contributed by atoms with Crippen molar-refractivity contribution in [3.05, 3.63) is 53.6 Å². The van der Waals surface area contributed by atoms with E-state index in [9.17, 15) is 14.4 Å². The van der Waals surface area contributed by atoms with Gasteiger partial charge in [0.2, 0.25) is 11.8 Å². The largest absolute Gasteiger partial charge is 0.495 e. The van der Waals surface area contributed by atoms with E-state index in [1.165, 1.54) is 0 Å². The summed E-state index contributed by atoms with van der Waals surface area (Å²) < 4.78 is 5.40. The second-order valence-electron chi connectivity index (χ2n) is 8.74. The third kappa shape index (κ3) is 5.01. The van der Waals surface area contributed by atoms with Crippen molar-refractivity contribution < 1.29 is 19.1 Å². The van der Waals surface area contributed by atoms with E-state index in [0.29, 0.717) is 42.3 Å². The number of aryl methyl sites for hydroxylation is 1. The SMILES string of the molecule is COc1ccc(C)cc1N1CC(C(=O)Nc2ccc(C(=O)N3CCN(C)CC3)cc2)CC1=O. The summed E-state index contributed by atoms with van der Waals surface area (Å²) in [5.74, 6) is -0.169. The number of nitrogens with one attached hydrogen (secondary N) is 1. The van der Waals surface area contributed by atoms with Crippen LogP contribution in [-0.2, 0) is 9.59 Å². The third-order valence-electron chi connectivity index (χ3n) is 6.31. The molecule has 1 unspecified atom stereocenters. The molecule has 0 aromatic heterocycles. The topological polar surface area (TPSA) is 82.2 Å². The lowest BCUT2D eigenvalue weighted by atomic mass is 10.1. The summed E-state index contributed by atoms with van der Waals surface area (Å²) >= 11 is 0. The highest BCUT2D eigenvalue weighted by Crippen LogP contribution is 2.34. The summed E-state index contributed by atoms with van der Waals surface area (Å²) in [4.78, 5) is 43.9. The lowest BCUT2D eigenvalue weighted by Crippen LogP contribution is -2.47. The minimum absolute atomic E-state index is 0.00473. The molecule has 0 radical (unpaired) electrons. The molecule has 2 aliphatic rings. The Kier molecular flexibility index (Phi) is 6.65. The predicted molar refractivity (Wildman–Crippen MR) is 127 cm³/mol. The van der Waals surface area contributed by atoms with Crippen LogP contribution in [0.2, 0.25) is 0 Å². The predicted octanol–water partition coefficient (Wildman–Crippen LogP) is 2.38. The molecule has 1 N–H and O–H groups in total. The van der Waals surface area contributed by atoms with Gasteiger partial charge in [0.05, 0.1) is 18.7 Å². The summed E-state index contributed by atoms with van der Waals surface area (Å²) in [6, 6.07) is 12.6. The first-order valence-electron chi connectivity index (χ1n) is 11.2. The summed E-state index contributed by atoms with van der Waals surface area (Å²) in [6.45, 7) is 5.41. The molecule has 1 atom stereocenters. The van der Waals surface area contributed by atoms with Gasteiger partial charge in [-0.05, 0) is 55.9 Å². The molecule has 0 saturated carbocycles. The van der Waals surface area contributed by atoms with Crippen molar-refractivity contribution >= 4 is 29.1 Å². The molecule has 33 heavy (non-hydrogen) atoms. The van der Waals surface area contributed by atoms with E-state index < -0.39 is 5.92 Å². The molecule has 8 nitrogen and oxygen atoms in total. The first kappa shape index (κ1) is 22.8. The van der Waals surface area contributed by atoms with E-state index in [2.05, 4.69) is 10.2 Å². The van der Waals surface area contributed by atoms with Crippen molar-refractivity contribution in [1.82, 2.24) is 9.80 Å². The first-order chi connectivity index (χ1) is 15.9. The number of hydrogen-bond donors (Lipinski definition) is 1. The Labute approximate surface area is 194 Å². The number of benzene rings is 2. The van der Waals surface area contributed by atoms with Crippen molar-refractivity contribution in [2.75, 3.05) is 57.1 Å². The minimum Gasteiger partial charge on any atom is -0.495 e. The van der Waals surface area contributed by atoms with Crippen molar-refractivity contribution in [2.45, 2.75) is 13.3 Å². The number of likely N-dealkylation sites (N-methyl/N-ethyl adjacent to an activating group) is 1. The average Bonchev–Trinajstić information content (AvgIpc) is 3.21. The zero-order valence-corrected chi connectivity index (χ0v) is 19.3. The van der Waals surface area contributed by atoms with Gasteiger partial charge >= 0.3 is 0 Å². The van der Waals surface area contributed by atoms with Gasteiger partial charge in [0, 0.05) is 50.4 Å². The number of hydrogen-bond acceptors (Lipinski definition) is 5. The Balaban J connectivity index is 1.38. The Morgan fingerprint density at radius 1 is 1.03 bits per heavy atom. The van der Waals surface area contributed by atoms with Crippen LogP contribution in [0.5, 0.6) is 5.75 Å². The summed E-state index contributed by atoms with van der Waals surface area (Å²) in [5.41, 5.74) is 2.91. The molecular weight excluding hydrogens is 420 g/mol. The normalized spacial score (nSPS) is 19.0. The van der Waals surface area contributed by atoms with Crippen LogP contribution in [0.4, 0.5) is 11.4 Å². The molecule has 0 bridgehead atoms. The molecule has 0 spiro atoms. The van der Waals surface area contributed by atoms with E-state index in [4.69, 9.17) is 4.74 Å². The van der Waals surface area contributed by atoms with Crippen molar-refractivity contribution in [1.29, 1.82) is 0 Å². The minimum atomic E-state index is -0.464. The monoisotopic (exact) mass is 450 g/mol. The van der Waals surface area contributed by atoms with Crippen LogP contribution in [0.25, 0.3) is 0 Å². The van der Waals surface area contributed by atoms with Gasteiger partial charge in [0.1, 0.15) is 5.75 Å². The van der Waals surface area contributed by atoms with E-state index in [0.717, 1.165) is 18.7 Å². The van der Waals surface area contributed by atoms with E-state index in [1.807, 2.05) is 37.1 Å². The molecule has 174 valence electrons. The van der Waals surface area contributed by atoms with Crippen LogP contribution >= 0.6 is 0 Å². The standard InChI is InChI=1S/C25H30N4O4/c1-17-4-9-22(33-3)21(14-17)29-16-19(15-23(29)30)24(31)26-20-7-5-18(6-8-20)25(32)28-12-10-27(2)11-13-28/h4-9,14,19H,10-13,15-16H2,1-3H3,(H,26,31). The Morgan fingerprint density at radius 3 is 2.39 bits per heavy atom. The highest BCUT2D eigenvalue weighted by atomic mass is 16.5. The van der Waals surface area contributed by atoms with E-state index >= 15 is 0 Å². The molecule has 2 aromatic carbocycles. The summed E-state index contributed by atoms with van der Waals surface area (Å²) in [7, 11) is 3.62. The molecule has 2 aliphatic heterocycles. The molecule has 8 heteroatoms. The van der Waals surface area contributed by atoms with Gasteiger partial charge in [-0.1, -0.05) is 6.07 Å². The van der Waals surface area contributed by atoms with Gasteiger partial charge in [-0.2, -0.15) is 0 Å². The first-order valence-corrected chi connectivity index (χ1v) is 11.2. The molecular formula is C25H30N4O4. The lowest BCUT2D eigenvalue weighted by Gasteiger charge is -2.32. The van der Waals surface area contributed by atoms with Gasteiger partial charge in [-0.15, -0.1) is 0 Å². The zero-order valence-electron chi connectivity index (χ0n) is 19.3. The number of amides is 3. The molecule has 2 heterocycles. The highest BCUT2D eigenvalue weighted by Gasteiger charge is 2.36. The fraction of sp³-hybridized carbons (Fsp3) is 0.400. The number of methoxy groups -OCH3 is 1. The smallest absolute Gasteiger partial charge is 0.253 e. The Bertz CT molecular complexity index is 1040. The van der Waals surface area contributed by atoms with Gasteiger partial charge in [-0.25, -0.2) is 0 Å². The fourth-order valence-electron chi connectivity index (χ4n) is 4.26. The maximum atomic E-state index is 12.9. The average molecular weight is 451 g/mol. The van der Waals surface area contributed by atoms with Crippen LogP contribution in [0.3, 0.4) is 0 Å². The fourth-order valence-corrected chi connectivity index (χ4v) is 4.26. The summed E-state index contributed by atoms with van der Waals surface area (Å²) in [6.07, 6.45) is 0.142. The van der Waals surface area contributed by atoms with Crippen molar-refractivity contribution in [3.8, 4) is 5.75 Å². The molecule has 2 aromatic rings. The lowest BCUT2D eigenvalue weighted by molar-refractivity contribution is -0.122. The quantitative estimate of drug-likeness (QED) is 0.757. The number of nitrogens with zero attached hydrogens (tertiary/aromatic N) is 3. The van der Waals surface area contributed by atoms with Gasteiger partial charge in [0.15, 0.2) is 0 Å². The molecule has 2 fully saturated rings. The number of anilines is 2.